The van der Waals surface area contributed by atoms with E-state index in [4.69, 9.17) is 16.3 Å². The number of halogens is 2. The first-order chi connectivity index (χ1) is 18.1. The highest BCUT2D eigenvalue weighted by molar-refractivity contribution is 6.30. The number of hydrogen-bond donors (Lipinski definition) is 1. The van der Waals surface area contributed by atoms with Crippen LogP contribution >= 0.6 is 11.6 Å². The number of amides is 1. The van der Waals surface area contributed by atoms with Gasteiger partial charge in [-0.1, -0.05) is 23.7 Å². The Bertz CT molecular complexity index is 1540. The smallest absolute Gasteiger partial charge is 0.302 e. The predicted molar refractivity (Wildman–Crippen MR) is 143 cm³/mol. The van der Waals surface area contributed by atoms with Crippen molar-refractivity contribution >= 4 is 52.4 Å². The molecule has 10 nitrogen and oxygen atoms in total. The Hall–Kier alpha value is -4.38. The van der Waals surface area contributed by atoms with E-state index < -0.39 is 23.6 Å². The summed E-state index contributed by atoms with van der Waals surface area (Å²) >= 11 is 6.09. The molecule has 0 saturated carbocycles. The molecule has 1 atom stereocenters. The van der Waals surface area contributed by atoms with Crippen LogP contribution in [0.25, 0.3) is 16.7 Å². The van der Waals surface area contributed by atoms with E-state index >= 15 is 4.39 Å². The highest BCUT2D eigenvalue weighted by atomic mass is 35.5. The van der Waals surface area contributed by atoms with E-state index in [0.717, 1.165) is 0 Å². The largest absolute Gasteiger partial charge is 0.465 e. The third-order valence-corrected chi connectivity index (χ3v) is 5.72. The average molecular weight is 538 g/mol. The maximum absolute atomic E-state index is 15.4. The average Bonchev–Trinajstić information content (AvgIpc) is 3.19. The van der Waals surface area contributed by atoms with Gasteiger partial charge < -0.3 is 15.0 Å². The first-order valence-corrected chi connectivity index (χ1v) is 11.9. The van der Waals surface area contributed by atoms with Gasteiger partial charge in [-0.05, 0) is 42.8 Å². The summed E-state index contributed by atoms with van der Waals surface area (Å²) < 4.78 is 21.9. The molecule has 12 heteroatoms. The van der Waals surface area contributed by atoms with E-state index in [0.29, 0.717) is 33.1 Å². The van der Waals surface area contributed by atoms with Gasteiger partial charge in [0.1, 0.15) is 29.7 Å². The molecule has 0 radical (unpaired) electrons. The molecule has 0 aliphatic rings. The zero-order valence-corrected chi connectivity index (χ0v) is 21.9. The quantitative estimate of drug-likeness (QED) is 0.201. The van der Waals surface area contributed by atoms with Crippen molar-refractivity contribution in [2.75, 3.05) is 26.0 Å². The van der Waals surface area contributed by atoms with E-state index in [-0.39, 0.29) is 18.0 Å². The second-order valence-electron chi connectivity index (χ2n) is 8.67. The normalized spacial score (nSPS) is 12.1. The highest BCUT2D eigenvalue weighted by Crippen LogP contribution is 2.29. The zero-order chi connectivity index (χ0) is 27.4. The number of esters is 1. The Labute approximate surface area is 223 Å². The van der Waals surface area contributed by atoms with Gasteiger partial charge in [0, 0.05) is 31.7 Å². The minimum atomic E-state index is -0.854. The maximum Gasteiger partial charge on any atom is 0.302 e. The number of aliphatic imine (C=N–C) groups is 1. The summed E-state index contributed by atoms with van der Waals surface area (Å²) in [4.78, 5) is 39.1. The summed E-state index contributed by atoms with van der Waals surface area (Å²) in [6.07, 6.45) is 2.96. The van der Waals surface area contributed by atoms with Gasteiger partial charge in [0.15, 0.2) is 11.6 Å². The number of rotatable bonds is 8. The van der Waals surface area contributed by atoms with Crippen LogP contribution in [-0.4, -0.2) is 63.6 Å². The summed E-state index contributed by atoms with van der Waals surface area (Å²) in [7, 11) is 3.64. The van der Waals surface area contributed by atoms with Gasteiger partial charge in [-0.25, -0.2) is 24.0 Å². The van der Waals surface area contributed by atoms with Crippen molar-refractivity contribution in [3.8, 4) is 5.69 Å². The van der Waals surface area contributed by atoms with Gasteiger partial charge in [0.25, 0.3) is 0 Å². The molecular formula is C26H25ClFN7O3. The first-order valence-electron chi connectivity index (χ1n) is 11.5. The predicted octanol–water partition coefficient (Wildman–Crippen LogP) is 4.42. The molecule has 38 heavy (non-hydrogen) atoms. The standard InChI is InChI=1S/C26H25ClFN7O3/c1-15-23-24(25(30-13-29-23)31-14-34(3)4)35(33-15)22-9-8-19(11-21(22)28)32-26(37)20(12-38-16(2)36)17-6-5-7-18(27)10-17/h5-11,13-14,20H,12H2,1-4H3,(H,32,37)/b31-14+/t20-/m0/s1. The summed E-state index contributed by atoms with van der Waals surface area (Å²) in [5, 5.41) is 7.58. The fourth-order valence-electron chi connectivity index (χ4n) is 3.75. The lowest BCUT2D eigenvalue weighted by Crippen LogP contribution is -2.26. The molecule has 0 saturated heterocycles. The first kappa shape index (κ1) is 26.7. The van der Waals surface area contributed by atoms with E-state index in [2.05, 4.69) is 25.4 Å². The summed E-state index contributed by atoms with van der Waals surface area (Å²) in [5.74, 6) is -2.18. The van der Waals surface area contributed by atoms with Crippen molar-refractivity contribution in [2.24, 2.45) is 4.99 Å². The molecule has 0 aliphatic heterocycles. The third-order valence-electron chi connectivity index (χ3n) is 5.48. The van der Waals surface area contributed by atoms with Crippen LogP contribution in [0.15, 0.2) is 53.8 Å². The molecule has 0 fully saturated rings. The number of nitrogens with zero attached hydrogens (tertiary/aromatic N) is 6. The van der Waals surface area contributed by atoms with Crippen molar-refractivity contribution in [3.63, 3.8) is 0 Å². The van der Waals surface area contributed by atoms with E-state index in [9.17, 15) is 9.59 Å². The van der Waals surface area contributed by atoms with E-state index in [1.165, 1.54) is 30.1 Å². The number of benzene rings is 2. The lowest BCUT2D eigenvalue weighted by atomic mass is 9.99. The van der Waals surface area contributed by atoms with Crippen LogP contribution in [0, 0.1) is 12.7 Å². The molecule has 1 amide bonds. The molecule has 2 heterocycles. The van der Waals surface area contributed by atoms with Crippen LogP contribution in [0.2, 0.25) is 5.02 Å². The maximum atomic E-state index is 15.4. The number of carbonyl (C=O) groups excluding carboxylic acids is 2. The van der Waals surface area contributed by atoms with Gasteiger partial charge in [-0.15, -0.1) is 0 Å². The molecule has 0 bridgehead atoms. The molecule has 1 N–H and O–H groups in total. The molecule has 4 aromatic rings. The second kappa shape index (κ2) is 11.3. The monoisotopic (exact) mass is 537 g/mol. The van der Waals surface area contributed by atoms with Crippen LogP contribution in [-0.2, 0) is 14.3 Å². The van der Waals surface area contributed by atoms with Crippen molar-refractivity contribution in [1.82, 2.24) is 24.6 Å². The Kier molecular flexibility index (Phi) is 7.96. The summed E-state index contributed by atoms with van der Waals surface area (Å²) in [6, 6.07) is 10.9. The number of nitrogens with one attached hydrogen (secondary N) is 1. The minimum absolute atomic E-state index is 0.128. The third kappa shape index (κ3) is 5.94. The molecule has 0 unspecified atom stereocenters. The number of fused-ring (bicyclic) bond motifs is 1. The Morgan fingerprint density at radius 1 is 1.24 bits per heavy atom. The van der Waals surface area contributed by atoms with Crippen molar-refractivity contribution in [3.05, 3.63) is 70.9 Å². The fourth-order valence-corrected chi connectivity index (χ4v) is 3.95. The van der Waals surface area contributed by atoms with Crippen LogP contribution < -0.4 is 5.32 Å². The molecule has 4 rings (SSSR count). The minimum Gasteiger partial charge on any atom is -0.465 e. The fraction of sp³-hybridized carbons (Fsp3) is 0.231. The van der Waals surface area contributed by atoms with E-state index in [1.54, 1.807) is 48.5 Å². The second-order valence-corrected chi connectivity index (χ2v) is 9.10. The number of anilines is 1. The molecule has 2 aromatic carbocycles. The van der Waals surface area contributed by atoms with Crippen molar-refractivity contribution < 1.29 is 18.7 Å². The van der Waals surface area contributed by atoms with Gasteiger partial charge in [0.05, 0.1) is 18.0 Å². The van der Waals surface area contributed by atoms with Crippen molar-refractivity contribution in [2.45, 2.75) is 19.8 Å². The Balaban J connectivity index is 1.66. The number of carbonyl (C=O) groups is 2. The van der Waals surface area contributed by atoms with Crippen LogP contribution in [0.4, 0.5) is 15.9 Å². The van der Waals surface area contributed by atoms with E-state index in [1.807, 2.05) is 14.1 Å². The number of ether oxygens (including phenoxy) is 1. The van der Waals surface area contributed by atoms with Gasteiger partial charge in [-0.2, -0.15) is 5.10 Å². The van der Waals surface area contributed by atoms with Crippen molar-refractivity contribution in [1.29, 1.82) is 0 Å². The summed E-state index contributed by atoms with van der Waals surface area (Å²) in [5.41, 5.74) is 2.46. The number of aryl methyl sites for hydroxylation is 1. The molecule has 0 aliphatic carbocycles. The SMILES string of the molecule is CC(=O)OC[C@H](C(=O)Nc1ccc(-n2nc(C)c3ncnc(/N=C/N(C)C)c32)c(F)c1)c1cccc(Cl)c1. The zero-order valence-electron chi connectivity index (χ0n) is 21.1. The molecule has 196 valence electrons. The van der Waals surface area contributed by atoms with Crippen LogP contribution in [0.3, 0.4) is 0 Å². The molecule has 2 aromatic heterocycles. The van der Waals surface area contributed by atoms with Gasteiger partial charge in [0.2, 0.25) is 5.91 Å². The molecule has 0 spiro atoms. The lowest BCUT2D eigenvalue weighted by molar-refractivity contribution is -0.142. The molecular weight excluding hydrogens is 513 g/mol. The highest BCUT2D eigenvalue weighted by Gasteiger charge is 2.24. The lowest BCUT2D eigenvalue weighted by Gasteiger charge is -2.18. The van der Waals surface area contributed by atoms with Crippen LogP contribution in [0.5, 0.6) is 0 Å². The van der Waals surface area contributed by atoms with Gasteiger partial charge in [-0.3, -0.25) is 9.59 Å². The Morgan fingerprint density at radius 2 is 2.03 bits per heavy atom. The summed E-state index contributed by atoms with van der Waals surface area (Å²) in [6.45, 7) is 2.82. The van der Waals surface area contributed by atoms with Crippen LogP contribution in [0.1, 0.15) is 24.1 Å². The van der Waals surface area contributed by atoms with Gasteiger partial charge >= 0.3 is 5.97 Å². The number of aromatic nitrogens is 4. The topological polar surface area (TPSA) is 115 Å². The Morgan fingerprint density at radius 3 is 2.71 bits per heavy atom. The number of hydrogen-bond acceptors (Lipinski definition) is 7.